The van der Waals surface area contributed by atoms with Gasteiger partial charge in [-0.3, -0.25) is 9.48 Å². The molecule has 0 aliphatic rings. The molecule has 1 aromatic heterocycles. The van der Waals surface area contributed by atoms with Gasteiger partial charge in [0.15, 0.2) is 0 Å². The average molecular weight is 205 g/mol. The van der Waals surface area contributed by atoms with Crippen molar-refractivity contribution in [2.45, 2.75) is 0 Å². The second kappa shape index (κ2) is 3.27. The maximum atomic E-state index is 11.2. The fourth-order valence-electron chi connectivity index (χ4n) is 1.60. The summed E-state index contributed by atoms with van der Waals surface area (Å²) in [5.41, 5.74) is 6.40. The summed E-state index contributed by atoms with van der Waals surface area (Å²) in [6.45, 7) is 0. The number of carbonyl (C=O) groups excluding carboxylic acids is 1. The molecule has 0 fully saturated rings. The van der Waals surface area contributed by atoms with Gasteiger partial charge in [-0.2, -0.15) is 5.10 Å². The van der Waals surface area contributed by atoms with E-state index in [4.69, 9.17) is 10.5 Å². The molecule has 1 heterocycles. The van der Waals surface area contributed by atoms with Crippen LogP contribution in [0.25, 0.3) is 10.9 Å². The van der Waals surface area contributed by atoms with Crippen molar-refractivity contribution in [3.05, 3.63) is 23.9 Å². The Morgan fingerprint density at radius 1 is 1.53 bits per heavy atom. The number of benzene rings is 1. The second-order valence-electron chi connectivity index (χ2n) is 3.22. The Kier molecular flexibility index (Phi) is 2.07. The third-order valence-corrected chi connectivity index (χ3v) is 2.27. The van der Waals surface area contributed by atoms with Gasteiger partial charge in [-0.25, -0.2) is 0 Å². The molecule has 0 saturated heterocycles. The Hall–Kier alpha value is -2.04. The first-order valence-corrected chi connectivity index (χ1v) is 4.44. The molecule has 0 spiro atoms. The van der Waals surface area contributed by atoms with Gasteiger partial charge < -0.3 is 10.5 Å². The van der Waals surface area contributed by atoms with Crippen LogP contribution in [0.15, 0.2) is 18.2 Å². The summed E-state index contributed by atoms with van der Waals surface area (Å²) >= 11 is 0. The minimum atomic E-state index is -0.492. The number of primary amides is 1. The summed E-state index contributed by atoms with van der Waals surface area (Å²) in [4.78, 5) is 11.2. The SMILES string of the molecule is COc1ccc2nn(C)c(C(N)=O)c2c1. The summed E-state index contributed by atoms with van der Waals surface area (Å²) in [6.07, 6.45) is 0. The maximum absolute atomic E-state index is 11.2. The molecular weight excluding hydrogens is 194 g/mol. The summed E-state index contributed by atoms with van der Waals surface area (Å²) in [5, 5.41) is 4.88. The second-order valence-corrected chi connectivity index (χ2v) is 3.22. The van der Waals surface area contributed by atoms with E-state index in [9.17, 15) is 4.79 Å². The van der Waals surface area contributed by atoms with Gasteiger partial charge >= 0.3 is 0 Å². The number of ether oxygens (including phenoxy) is 1. The number of aryl methyl sites for hydroxylation is 1. The van der Waals surface area contributed by atoms with Crippen molar-refractivity contribution >= 4 is 16.8 Å². The van der Waals surface area contributed by atoms with E-state index in [-0.39, 0.29) is 0 Å². The highest BCUT2D eigenvalue weighted by Crippen LogP contribution is 2.22. The van der Waals surface area contributed by atoms with Crippen LogP contribution in [0.4, 0.5) is 0 Å². The zero-order chi connectivity index (χ0) is 11.0. The number of hydrogen-bond donors (Lipinski definition) is 1. The molecule has 1 amide bonds. The summed E-state index contributed by atoms with van der Waals surface area (Å²) in [5.74, 6) is 0.186. The van der Waals surface area contributed by atoms with Crippen LogP contribution in [-0.2, 0) is 7.05 Å². The van der Waals surface area contributed by atoms with Crippen molar-refractivity contribution in [2.24, 2.45) is 12.8 Å². The molecule has 2 rings (SSSR count). The zero-order valence-electron chi connectivity index (χ0n) is 8.52. The van der Waals surface area contributed by atoms with Gasteiger partial charge in [0.2, 0.25) is 0 Å². The molecule has 2 N–H and O–H groups in total. The monoisotopic (exact) mass is 205 g/mol. The van der Waals surface area contributed by atoms with Crippen molar-refractivity contribution in [3.63, 3.8) is 0 Å². The highest BCUT2D eigenvalue weighted by atomic mass is 16.5. The van der Waals surface area contributed by atoms with Gasteiger partial charge in [0.05, 0.1) is 12.6 Å². The lowest BCUT2D eigenvalue weighted by Crippen LogP contribution is -2.15. The fraction of sp³-hybridized carbons (Fsp3) is 0.200. The predicted octanol–water partition coefficient (Wildman–Crippen LogP) is 0.681. The average Bonchev–Trinajstić information content (AvgIpc) is 2.52. The highest BCUT2D eigenvalue weighted by molar-refractivity contribution is 6.04. The Balaban J connectivity index is 2.77. The molecule has 0 saturated carbocycles. The molecular formula is C10H11N3O2. The molecule has 0 aliphatic heterocycles. The number of amides is 1. The Labute approximate surface area is 86.4 Å². The first kappa shape index (κ1) is 9.51. The lowest BCUT2D eigenvalue weighted by molar-refractivity contribution is 0.0993. The lowest BCUT2D eigenvalue weighted by atomic mass is 10.2. The minimum Gasteiger partial charge on any atom is -0.497 e. The molecule has 5 heteroatoms. The smallest absolute Gasteiger partial charge is 0.267 e. The van der Waals surface area contributed by atoms with E-state index in [2.05, 4.69) is 5.10 Å². The normalized spacial score (nSPS) is 10.5. The van der Waals surface area contributed by atoms with Crippen LogP contribution in [0.5, 0.6) is 5.75 Å². The third-order valence-electron chi connectivity index (χ3n) is 2.27. The fourth-order valence-corrected chi connectivity index (χ4v) is 1.60. The van der Waals surface area contributed by atoms with Crippen LogP contribution in [0.2, 0.25) is 0 Å². The van der Waals surface area contributed by atoms with Crippen molar-refractivity contribution in [2.75, 3.05) is 7.11 Å². The molecule has 0 radical (unpaired) electrons. The lowest BCUT2D eigenvalue weighted by Gasteiger charge is -1.99. The van der Waals surface area contributed by atoms with Crippen molar-refractivity contribution in [3.8, 4) is 5.75 Å². The first-order chi connectivity index (χ1) is 7.13. The zero-order valence-corrected chi connectivity index (χ0v) is 8.52. The number of carbonyl (C=O) groups is 1. The summed E-state index contributed by atoms with van der Waals surface area (Å²) in [6, 6.07) is 5.34. The van der Waals surface area contributed by atoms with Crippen LogP contribution >= 0.6 is 0 Å². The maximum Gasteiger partial charge on any atom is 0.267 e. The summed E-state index contributed by atoms with van der Waals surface area (Å²) in [7, 11) is 3.26. The Morgan fingerprint density at radius 2 is 2.27 bits per heavy atom. The number of rotatable bonds is 2. The highest BCUT2D eigenvalue weighted by Gasteiger charge is 2.13. The van der Waals surface area contributed by atoms with E-state index in [1.165, 1.54) is 4.68 Å². The van der Waals surface area contributed by atoms with Crippen LogP contribution in [0.1, 0.15) is 10.5 Å². The molecule has 2 aromatic rings. The van der Waals surface area contributed by atoms with Crippen LogP contribution in [0.3, 0.4) is 0 Å². The van der Waals surface area contributed by atoms with E-state index in [0.29, 0.717) is 16.8 Å². The Bertz CT molecular complexity index is 531. The largest absolute Gasteiger partial charge is 0.497 e. The van der Waals surface area contributed by atoms with Gasteiger partial charge in [-0.05, 0) is 18.2 Å². The molecule has 0 unspecified atom stereocenters. The van der Waals surface area contributed by atoms with Gasteiger partial charge in [0.1, 0.15) is 11.4 Å². The number of hydrogen-bond acceptors (Lipinski definition) is 3. The van der Waals surface area contributed by atoms with E-state index >= 15 is 0 Å². The molecule has 1 aromatic carbocycles. The van der Waals surface area contributed by atoms with Crippen molar-refractivity contribution in [1.29, 1.82) is 0 Å². The first-order valence-electron chi connectivity index (χ1n) is 4.44. The van der Waals surface area contributed by atoms with E-state index in [0.717, 1.165) is 5.52 Å². The quantitative estimate of drug-likeness (QED) is 0.783. The van der Waals surface area contributed by atoms with Crippen LogP contribution in [-0.4, -0.2) is 22.8 Å². The van der Waals surface area contributed by atoms with Gasteiger partial charge in [0, 0.05) is 12.4 Å². The Morgan fingerprint density at radius 3 is 2.87 bits per heavy atom. The number of aromatic nitrogens is 2. The van der Waals surface area contributed by atoms with Crippen LogP contribution in [0, 0.1) is 0 Å². The topological polar surface area (TPSA) is 70.1 Å². The van der Waals surface area contributed by atoms with Gasteiger partial charge in [0.25, 0.3) is 5.91 Å². The molecule has 0 bridgehead atoms. The van der Waals surface area contributed by atoms with Crippen molar-refractivity contribution < 1.29 is 9.53 Å². The van der Waals surface area contributed by atoms with E-state index < -0.39 is 5.91 Å². The third kappa shape index (κ3) is 1.41. The van der Waals surface area contributed by atoms with E-state index in [1.807, 2.05) is 0 Å². The van der Waals surface area contributed by atoms with Crippen LogP contribution < -0.4 is 10.5 Å². The predicted molar refractivity (Wildman–Crippen MR) is 55.8 cm³/mol. The van der Waals surface area contributed by atoms with Crippen molar-refractivity contribution in [1.82, 2.24) is 9.78 Å². The number of methoxy groups -OCH3 is 1. The van der Waals surface area contributed by atoms with Gasteiger partial charge in [-0.15, -0.1) is 0 Å². The molecule has 0 aliphatic carbocycles. The standard InChI is InChI=1S/C10H11N3O2/c1-13-9(10(11)14)7-5-6(15-2)3-4-8(7)12-13/h3-5H,1-2H3,(H2,11,14). The molecule has 5 nitrogen and oxygen atoms in total. The number of nitrogens with two attached hydrogens (primary N) is 1. The molecule has 0 atom stereocenters. The summed E-state index contributed by atoms with van der Waals surface area (Å²) < 4.78 is 6.56. The number of nitrogens with zero attached hydrogens (tertiary/aromatic N) is 2. The molecule has 15 heavy (non-hydrogen) atoms. The van der Waals surface area contributed by atoms with Gasteiger partial charge in [-0.1, -0.05) is 0 Å². The molecule has 78 valence electrons. The van der Waals surface area contributed by atoms with E-state index in [1.54, 1.807) is 32.4 Å². The minimum absolute atomic E-state index is 0.393. The number of fused-ring (bicyclic) bond motifs is 1.